The first-order valence-corrected chi connectivity index (χ1v) is 9.52. The van der Waals surface area contributed by atoms with E-state index in [-0.39, 0.29) is 0 Å². The fourth-order valence-electron chi connectivity index (χ4n) is 3.75. The van der Waals surface area contributed by atoms with Gasteiger partial charge in [0.1, 0.15) is 12.4 Å². The average molecular weight is 337 g/mol. The molecule has 25 heavy (non-hydrogen) atoms. The maximum atomic E-state index is 5.92. The summed E-state index contributed by atoms with van der Waals surface area (Å²) in [5.74, 6) is 0.890. The van der Waals surface area contributed by atoms with Gasteiger partial charge in [-0.1, -0.05) is 12.1 Å². The van der Waals surface area contributed by atoms with E-state index in [0.29, 0.717) is 6.04 Å². The zero-order valence-electron chi connectivity index (χ0n) is 14.8. The van der Waals surface area contributed by atoms with Crippen LogP contribution in [0.2, 0.25) is 0 Å². The van der Waals surface area contributed by atoms with Gasteiger partial charge in [-0.15, -0.1) is 0 Å². The highest BCUT2D eigenvalue weighted by Crippen LogP contribution is 2.24. The first-order valence-electron chi connectivity index (χ1n) is 9.52. The molecule has 0 bridgehead atoms. The number of fused-ring (bicyclic) bond motifs is 1. The van der Waals surface area contributed by atoms with Crippen LogP contribution in [-0.4, -0.2) is 30.7 Å². The molecule has 1 saturated heterocycles. The predicted molar refractivity (Wildman–Crippen MR) is 101 cm³/mol. The highest BCUT2D eigenvalue weighted by Gasteiger charge is 2.14. The number of ether oxygens (including phenoxy) is 1. The van der Waals surface area contributed by atoms with E-state index in [4.69, 9.17) is 4.74 Å². The quantitative estimate of drug-likeness (QED) is 0.848. The fraction of sp³-hybridized carbons (Fsp3) is 0.476. The van der Waals surface area contributed by atoms with E-state index in [2.05, 4.69) is 39.9 Å². The van der Waals surface area contributed by atoms with Crippen LogP contribution in [-0.2, 0) is 19.3 Å². The van der Waals surface area contributed by atoms with E-state index in [0.717, 1.165) is 38.3 Å². The molecule has 0 aliphatic carbocycles. The van der Waals surface area contributed by atoms with Gasteiger partial charge in [0.25, 0.3) is 0 Å². The summed E-state index contributed by atoms with van der Waals surface area (Å²) in [6, 6.07) is 9.48. The molecule has 0 saturated carbocycles. The fourth-order valence-corrected chi connectivity index (χ4v) is 3.75. The van der Waals surface area contributed by atoms with Crippen molar-refractivity contribution >= 4 is 5.69 Å². The lowest BCUT2D eigenvalue weighted by Gasteiger charge is -2.18. The van der Waals surface area contributed by atoms with Crippen molar-refractivity contribution in [1.82, 2.24) is 10.3 Å². The van der Waals surface area contributed by atoms with Crippen LogP contribution in [0.25, 0.3) is 0 Å². The Morgan fingerprint density at radius 3 is 2.92 bits per heavy atom. The summed E-state index contributed by atoms with van der Waals surface area (Å²) >= 11 is 0. The van der Waals surface area contributed by atoms with Gasteiger partial charge in [0.15, 0.2) is 0 Å². The number of anilines is 1. The molecule has 2 aliphatic heterocycles. The van der Waals surface area contributed by atoms with Crippen molar-refractivity contribution in [3.63, 3.8) is 0 Å². The van der Waals surface area contributed by atoms with Crippen LogP contribution in [0.3, 0.4) is 0 Å². The molecule has 1 aromatic carbocycles. The third-order valence-electron chi connectivity index (χ3n) is 5.19. The number of hydrogen-bond acceptors (Lipinski definition) is 4. The number of rotatable bonds is 6. The van der Waals surface area contributed by atoms with Gasteiger partial charge in [0.05, 0.1) is 6.20 Å². The third kappa shape index (κ3) is 4.31. The summed E-state index contributed by atoms with van der Waals surface area (Å²) in [5, 5.41) is 6.94. The Bertz CT molecular complexity index is 710. The number of aryl methyl sites for hydroxylation is 3. The molecule has 2 aliphatic rings. The van der Waals surface area contributed by atoms with Gasteiger partial charge in [-0.25, -0.2) is 0 Å². The zero-order valence-corrected chi connectivity index (χ0v) is 14.8. The normalized spacial score (nSPS) is 19.3. The molecule has 0 amide bonds. The largest absolute Gasteiger partial charge is 0.490 e. The maximum absolute atomic E-state index is 5.92. The second-order valence-corrected chi connectivity index (χ2v) is 7.16. The smallest absolute Gasteiger partial charge is 0.137 e. The highest BCUT2D eigenvalue weighted by molar-refractivity contribution is 5.54. The second kappa shape index (κ2) is 7.87. The third-order valence-corrected chi connectivity index (χ3v) is 5.19. The molecular formula is C21H27N3O. The molecular weight excluding hydrogens is 310 g/mol. The van der Waals surface area contributed by atoms with Gasteiger partial charge in [0.2, 0.25) is 0 Å². The molecule has 3 heterocycles. The molecule has 4 heteroatoms. The molecule has 2 N–H and O–H groups in total. The molecule has 1 aromatic heterocycles. The van der Waals surface area contributed by atoms with Gasteiger partial charge in [-0.3, -0.25) is 4.98 Å². The van der Waals surface area contributed by atoms with Gasteiger partial charge in [-0.05, 0) is 73.9 Å². The standard InChI is InChI=1S/C21H27N3O/c1-3-18-11-16(7-8-21(18)24-10-1)5-6-17-12-20(14-22-13-17)25-15-19-4-2-9-23-19/h7-8,11-14,19,23-24H,1-6,9-10,15H2/t19-/m0/s1. The van der Waals surface area contributed by atoms with Crippen molar-refractivity contribution in [1.29, 1.82) is 0 Å². The lowest BCUT2D eigenvalue weighted by atomic mass is 9.98. The summed E-state index contributed by atoms with van der Waals surface area (Å²) in [4.78, 5) is 4.36. The molecule has 1 atom stereocenters. The number of pyridine rings is 1. The second-order valence-electron chi connectivity index (χ2n) is 7.16. The number of nitrogens with zero attached hydrogens (tertiary/aromatic N) is 1. The summed E-state index contributed by atoms with van der Waals surface area (Å²) in [6.07, 6.45) is 10.7. The Balaban J connectivity index is 1.33. The molecule has 0 radical (unpaired) electrons. The van der Waals surface area contributed by atoms with Gasteiger partial charge < -0.3 is 15.4 Å². The zero-order chi connectivity index (χ0) is 16.9. The van der Waals surface area contributed by atoms with E-state index in [1.165, 1.54) is 48.1 Å². The molecule has 1 fully saturated rings. The SMILES string of the molecule is c1cc2c(cc1CCc1cncc(OC[C@@H]3CCCN3)c1)CCCN2. The lowest BCUT2D eigenvalue weighted by Crippen LogP contribution is -2.28. The number of hydrogen-bond donors (Lipinski definition) is 2. The molecule has 0 spiro atoms. The summed E-state index contributed by atoms with van der Waals surface area (Å²) < 4.78 is 5.92. The van der Waals surface area contributed by atoms with Crippen LogP contribution in [0.4, 0.5) is 5.69 Å². The van der Waals surface area contributed by atoms with Gasteiger partial charge in [0, 0.05) is 24.5 Å². The first-order chi connectivity index (χ1) is 12.4. The minimum absolute atomic E-state index is 0.493. The monoisotopic (exact) mass is 337 g/mol. The van der Waals surface area contributed by atoms with Crippen molar-refractivity contribution < 1.29 is 4.74 Å². The van der Waals surface area contributed by atoms with Crippen LogP contribution in [0, 0.1) is 0 Å². The van der Waals surface area contributed by atoms with Crippen LogP contribution in [0.1, 0.15) is 36.0 Å². The first kappa shape index (κ1) is 16.4. The van der Waals surface area contributed by atoms with Crippen molar-refractivity contribution in [2.75, 3.05) is 25.0 Å². The topological polar surface area (TPSA) is 46.2 Å². The van der Waals surface area contributed by atoms with Crippen LogP contribution >= 0.6 is 0 Å². The Hall–Kier alpha value is -2.07. The van der Waals surface area contributed by atoms with Gasteiger partial charge in [-0.2, -0.15) is 0 Å². The highest BCUT2D eigenvalue weighted by atomic mass is 16.5. The molecule has 4 rings (SSSR count). The maximum Gasteiger partial charge on any atom is 0.137 e. The number of benzene rings is 1. The Labute approximate surface area is 150 Å². The number of nitrogens with one attached hydrogen (secondary N) is 2. The van der Waals surface area contributed by atoms with Crippen LogP contribution < -0.4 is 15.4 Å². The minimum atomic E-state index is 0.493. The molecule has 132 valence electrons. The van der Waals surface area contributed by atoms with Crippen molar-refractivity contribution in [3.8, 4) is 5.75 Å². The van der Waals surface area contributed by atoms with Crippen LogP contribution in [0.15, 0.2) is 36.7 Å². The minimum Gasteiger partial charge on any atom is -0.490 e. The van der Waals surface area contributed by atoms with E-state index in [1.807, 2.05) is 12.4 Å². The number of aromatic nitrogens is 1. The van der Waals surface area contributed by atoms with E-state index < -0.39 is 0 Å². The average Bonchev–Trinajstić information content (AvgIpc) is 3.19. The Morgan fingerprint density at radius 1 is 1.04 bits per heavy atom. The molecule has 0 unspecified atom stereocenters. The van der Waals surface area contributed by atoms with E-state index >= 15 is 0 Å². The van der Waals surface area contributed by atoms with Crippen molar-refractivity contribution in [2.24, 2.45) is 0 Å². The predicted octanol–water partition coefficient (Wildman–Crippen LogP) is 3.36. The van der Waals surface area contributed by atoms with Crippen LogP contribution in [0.5, 0.6) is 5.75 Å². The van der Waals surface area contributed by atoms with E-state index in [1.54, 1.807) is 0 Å². The lowest BCUT2D eigenvalue weighted by molar-refractivity contribution is 0.276. The Morgan fingerprint density at radius 2 is 2.00 bits per heavy atom. The van der Waals surface area contributed by atoms with Gasteiger partial charge >= 0.3 is 0 Å². The van der Waals surface area contributed by atoms with Crippen molar-refractivity contribution in [3.05, 3.63) is 53.3 Å². The van der Waals surface area contributed by atoms with Crippen molar-refractivity contribution in [2.45, 2.75) is 44.6 Å². The summed E-state index contributed by atoms with van der Waals surface area (Å²) in [7, 11) is 0. The summed E-state index contributed by atoms with van der Waals surface area (Å²) in [6.45, 7) is 2.95. The molecule has 4 nitrogen and oxygen atoms in total. The Kier molecular flexibility index (Phi) is 5.17. The van der Waals surface area contributed by atoms with E-state index in [9.17, 15) is 0 Å². The summed E-state index contributed by atoms with van der Waals surface area (Å²) in [5.41, 5.74) is 5.42. The molecule has 2 aromatic rings.